The molecule has 0 unspecified atom stereocenters. The van der Waals surface area contributed by atoms with Crippen molar-refractivity contribution in [2.75, 3.05) is 12.4 Å². The Balaban J connectivity index is 1.61. The number of thiocarbonyl (C=S) groups is 1. The van der Waals surface area contributed by atoms with Crippen LogP contribution < -0.4 is 20.9 Å². The minimum atomic E-state index is -0.337. The van der Waals surface area contributed by atoms with Crippen LogP contribution in [0.25, 0.3) is 11.3 Å². The molecule has 148 valence electrons. The molecule has 0 saturated heterocycles. The molecule has 3 N–H and O–H groups in total. The summed E-state index contributed by atoms with van der Waals surface area (Å²) in [6, 6.07) is 18.1. The summed E-state index contributed by atoms with van der Waals surface area (Å²) in [5, 5.41) is 3.83. The van der Waals surface area contributed by atoms with Gasteiger partial charge >= 0.3 is 0 Å². The lowest BCUT2D eigenvalue weighted by Gasteiger charge is -2.13. The maximum Gasteiger partial charge on any atom is 0.271 e. The standard InChI is InChI=1S/C21H19ClN4O2S/c1-13-18(11-12-19(23-13)14-3-9-17(28-2)10-4-14)20(27)25-26-21(29)24-16-7-5-15(22)6-8-16/h3-12H,1-2H3,(H,25,27)(H2,24,26,29). The van der Waals surface area contributed by atoms with Crippen LogP contribution in [0.3, 0.4) is 0 Å². The minimum absolute atomic E-state index is 0.251. The van der Waals surface area contributed by atoms with Crippen LogP contribution in [0.5, 0.6) is 5.75 Å². The number of aryl methyl sites for hydroxylation is 1. The summed E-state index contributed by atoms with van der Waals surface area (Å²) < 4.78 is 5.17. The van der Waals surface area contributed by atoms with Gasteiger partial charge in [0, 0.05) is 16.3 Å². The molecule has 29 heavy (non-hydrogen) atoms. The number of hydrogen-bond acceptors (Lipinski definition) is 4. The molecule has 8 heteroatoms. The molecule has 0 fully saturated rings. The molecule has 0 aliphatic heterocycles. The summed E-state index contributed by atoms with van der Waals surface area (Å²) in [6.45, 7) is 1.78. The number of hydrogen-bond donors (Lipinski definition) is 3. The molecule has 0 aliphatic carbocycles. The predicted octanol–water partition coefficient (Wildman–Crippen LogP) is 4.35. The lowest BCUT2D eigenvalue weighted by Crippen LogP contribution is -2.44. The summed E-state index contributed by atoms with van der Waals surface area (Å²) >= 11 is 11.0. The van der Waals surface area contributed by atoms with Crippen LogP contribution in [0, 0.1) is 6.92 Å². The van der Waals surface area contributed by atoms with Crippen LogP contribution in [0.2, 0.25) is 5.02 Å². The molecule has 0 aliphatic rings. The summed E-state index contributed by atoms with van der Waals surface area (Å²) in [5.41, 5.74) is 8.76. The first kappa shape index (κ1) is 20.6. The second-order valence-electron chi connectivity index (χ2n) is 6.10. The number of nitrogens with one attached hydrogen (secondary N) is 3. The SMILES string of the molecule is COc1ccc(-c2ccc(C(=O)NNC(=S)Nc3ccc(Cl)cc3)c(C)n2)cc1. The van der Waals surface area contributed by atoms with Gasteiger partial charge in [-0.1, -0.05) is 11.6 Å². The third kappa shape index (κ3) is 5.43. The molecule has 3 rings (SSSR count). The van der Waals surface area contributed by atoms with Crippen molar-refractivity contribution >= 4 is 40.5 Å². The van der Waals surface area contributed by atoms with Crippen molar-refractivity contribution in [3.63, 3.8) is 0 Å². The maximum atomic E-state index is 12.5. The van der Waals surface area contributed by atoms with Crippen LogP contribution in [-0.2, 0) is 0 Å². The van der Waals surface area contributed by atoms with Crippen LogP contribution in [0.15, 0.2) is 60.7 Å². The van der Waals surface area contributed by atoms with Gasteiger partial charge in [-0.3, -0.25) is 20.6 Å². The second kappa shape index (κ2) is 9.36. The summed E-state index contributed by atoms with van der Waals surface area (Å²) in [5.74, 6) is 0.437. The Morgan fingerprint density at radius 3 is 2.31 bits per heavy atom. The number of rotatable bonds is 4. The zero-order chi connectivity index (χ0) is 20.8. The number of ether oxygens (including phenoxy) is 1. The fraction of sp³-hybridized carbons (Fsp3) is 0.0952. The number of hydrazine groups is 1. The third-order valence-corrected chi connectivity index (χ3v) is 4.56. The zero-order valence-corrected chi connectivity index (χ0v) is 17.4. The van der Waals surface area contributed by atoms with E-state index in [2.05, 4.69) is 21.2 Å². The molecule has 0 atom stereocenters. The third-order valence-electron chi connectivity index (χ3n) is 4.11. The van der Waals surface area contributed by atoms with Gasteiger partial charge in [-0.15, -0.1) is 0 Å². The van der Waals surface area contributed by atoms with Crippen molar-refractivity contribution in [1.29, 1.82) is 0 Å². The van der Waals surface area contributed by atoms with Gasteiger partial charge in [0.15, 0.2) is 5.11 Å². The summed E-state index contributed by atoms with van der Waals surface area (Å²) in [6.07, 6.45) is 0. The van der Waals surface area contributed by atoms with Crippen molar-refractivity contribution < 1.29 is 9.53 Å². The Labute approximate surface area is 179 Å². The van der Waals surface area contributed by atoms with E-state index in [0.717, 1.165) is 22.7 Å². The molecule has 1 aromatic heterocycles. The van der Waals surface area contributed by atoms with Crippen molar-refractivity contribution in [3.05, 3.63) is 76.9 Å². The molecule has 0 spiro atoms. The molecule has 0 bridgehead atoms. The summed E-state index contributed by atoms with van der Waals surface area (Å²) in [7, 11) is 1.62. The Hall–Kier alpha value is -3.16. The number of amides is 1. The van der Waals surface area contributed by atoms with Gasteiger partial charge < -0.3 is 10.1 Å². The lowest BCUT2D eigenvalue weighted by atomic mass is 10.1. The molecule has 6 nitrogen and oxygen atoms in total. The first-order valence-corrected chi connectivity index (χ1v) is 9.50. The monoisotopic (exact) mass is 426 g/mol. The fourth-order valence-electron chi connectivity index (χ4n) is 2.60. The predicted molar refractivity (Wildman–Crippen MR) is 119 cm³/mol. The summed E-state index contributed by atoms with van der Waals surface area (Å²) in [4.78, 5) is 17.0. The molecular formula is C21H19ClN4O2S. The Bertz CT molecular complexity index is 1020. The molecule has 1 amide bonds. The highest BCUT2D eigenvalue weighted by atomic mass is 35.5. The normalized spacial score (nSPS) is 10.2. The van der Waals surface area contributed by atoms with E-state index < -0.39 is 0 Å². The highest BCUT2D eigenvalue weighted by Gasteiger charge is 2.12. The lowest BCUT2D eigenvalue weighted by molar-refractivity contribution is 0.0943. The highest BCUT2D eigenvalue weighted by Crippen LogP contribution is 2.22. The van der Waals surface area contributed by atoms with Crippen LogP contribution in [-0.4, -0.2) is 23.1 Å². The van der Waals surface area contributed by atoms with Gasteiger partial charge in [-0.2, -0.15) is 0 Å². The average Bonchev–Trinajstić information content (AvgIpc) is 2.73. The van der Waals surface area contributed by atoms with E-state index in [4.69, 9.17) is 28.6 Å². The van der Waals surface area contributed by atoms with E-state index in [1.165, 1.54) is 0 Å². The van der Waals surface area contributed by atoms with E-state index in [-0.39, 0.29) is 11.0 Å². The number of carbonyl (C=O) groups excluding carboxylic acids is 1. The maximum absolute atomic E-state index is 12.5. The fourth-order valence-corrected chi connectivity index (χ4v) is 2.89. The second-order valence-corrected chi connectivity index (χ2v) is 6.94. The van der Waals surface area contributed by atoms with Crippen molar-refractivity contribution in [2.45, 2.75) is 6.92 Å². The molecule has 1 heterocycles. The molecular weight excluding hydrogens is 408 g/mol. The molecule has 0 radical (unpaired) electrons. The number of methoxy groups -OCH3 is 1. The average molecular weight is 427 g/mol. The number of benzene rings is 2. The topological polar surface area (TPSA) is 75.3 Å². The van der Waals surface area contributed by atoms with Gasteiger partial charge in [0.05, 0.1) is 24.1 Å². The van der Waals surface area contributed by atoms with Crippen LogP contribution in [0.4, 0.5) is 5.69 Å². The highest BCUT2D eigenvalue weighted by molar-refractivity contribution is 7.80. The van der Waals surface area contributed by atoms with E-state index in [1.54, 1.807) is 50.4 Å². The Kier molecular flexibility index (Phi) is 6.64. The van der Waals surface area contributed by atoms with E-state index in [1.807, 2.05) is 24.3 Å². The molecule has 0 saturated carbocycles. The number of pyridine rings is 1. The van der Waals surface area contributed by atoms with E-state index in [0.29, 0.717) is 16.3 Å². The van der Waals surface area contributed by atoms with Crippen molar-refractivity contribution in [2.24, 2.45) is 0 Å². The molecule has 2 aromatic carbocycles. The first-order valence-electron chi connectivity index (χ1n) is 8.71. The van der Waals surface area contributed by atoms with Crippen molar-refractivity contribution in [1.82, 2.24) is 15.8 Å². The van der Waals surface area contributed by atoms with Gasteiger partial charge in [0.25, 0.3) is 5.91 Å². The van der Waals surface area contributed by atoms with Gasteiger partial charge in [-0.05, 0) is 79.8 Å². The first-order chi connectivity index (χ1) is 14.0. The number of anilines is 1. The zero-order valence-electron chi connectivity index (χ0n) is 15.8. The van der Waals surface area contributed by atoms with Gasteiger partial charge in [-0.25, -0.2) is 0 Å². The van der Waals surface area contributed by atoms with Crippen molar-refractivity contribution in [3.8, 4) is 17.0 Å². The number of carbonyl (C=O) groups is 1. The quantitative estimate of drug-likeness (QED) is 0.425. The molecule has 3 aromatic rings. The Morgan fingerprint density at radius 2 is 1.69 bits per heavy atom. The largest absolute Gasteiger partial charge is 0.497 e. The smallest absolute Gasteiger partial charge is 0.271 e. The minimum Gasteiger partial charge on any atom is -0.497 e. The van der Waals surface area contributed by atoms with E-state index >= 15 is 0 Å². The Morgan fingerprint density at radius 1 is 1.00 bits per heavy atom. The number of aromatic nitrogens is 1. The number of nitrogens with zero attached hydrogens (tertiary/aromatic N) is 1. The van der Waals surface area contributed by atoms with Gasteiger partial charge in [0.2, 0.25) is 0 Å². The van der Waals surface area contributed by atoms with Crippen LogP contribution >= 0.6 is 23.8 Å². The van der Waals surface area contributed by atoms with Gasteiger partial charge in [0.1, 0.15) is 5.75 Å². The van der Waals surface area contributed by atoms with E-state index in [9.17, 15) is 4.79 Å². The van der Waals surface area contributed by atoms with Crippen LogP contribution in [0.1, 0.15) is 16.1 Å². The number of halogens is 1.